The first-order chi connectivity index (χ1) is 7.31. The minimum absolute atomic E-state index is 0.0257. The first kappa shape index (κ1) is 10.7. The Morgan fingerprint density at radius 2 is 2.13 bits per heavy atom. The van der Waals surface area contributed by atoms with Crippen LogP contribution in [0.2, 0.25) is 0 Å². The number of cyclic esters (lactones) is 1. The van der Waals surface area contributed by atoms with E-state index in [1.165, 1.54) is 32.1 Å². The van der Waals surface area contributed by atoms with E-state index in [1.54, 1.807) is 7.11 Å². The lowest BCUT2D eigenvalue weighted by Gasteiger charge is -2.28. The van der Waals surface area contributed by atoms with Gasteiger partial charge >= 0.3 is 6.09 Å². The van der Waals surface area contributed by atoms with Crippen molar-refractivity contribution in [3.05, 3.63) is 0 Å². The van der Waals surface area contributed by atoms with Gasteiger partial charge in [0.25, 0.3) is 0 Å². The Morgan fingerprint density at radius 3 is 2.80 bits per heavy atom. The summed E-state index contributed by atoms with van der Waals surface area (Å²) in [6.07, 6.45) is 5.95. The Morgan fingerprint density at radius 1 is 1.40 bits per heavy atom. The van der Waals surface area contributed by atoms with Crippen LogP contribution in [0.1, 0.15) is 32.1 Å². The summed E-state index contributed by atoms with van der Waals surface area (Å²) in [5.41, 5.74) is 0. The molecule has 2 aliphatic rings. The van der Waals surface area contributed by atoms with E-state index in [0.717, 1.165) is 0 Å². The first-order valence-corrected chi connectivity index (χ1v) is 5.77. The molecule has 0 radical (unpaired) electrons. The summed E-state index contributed by atoms with van der Waals surface area (Å²) in [6, 6.07) is 0.0469. The zero-order valence-electron chi connectivity index (χ0n) is 9.20. The zero-order valence-corrected chi connectivity index (χ0v) is 9.20. The maximum absolute atomic E-state index is 11.2. The van der Waals surface area contributed by atoms with E-state index in [0.29, 0.717) is 12.5 Å². The number of methoxy groups -OCH3 is 1. The van der Waals surface area contributed by atoms with E-state index in [-0.39, 0.29) is 18.2 Å². The molecule has 4 nitrogen and oxygen atoms in total. The van der Waals surface area contributed by atoms with E-state index in [1.807, 2.05) is 0 Å². The molecule has 1 heterocycles. The van der Waals surface area contributed by atoms with Gasteiger partial charge in [0, 0.05) is 7.11 Å². The van der Waals surface area contributed by atoms with Crippen molar-refractivity contribution in [2.24, 2.45) is 5.92 Å². The molecule has 15 heavy (non-hydrogen) atoms. The highest BCUT2D eigenvalue weighted by molar-refractivity contribution is 5.70. The van der Waals surface area contributed by atoms with Gasteiger partial charge in [0.05, 0.1) is 12.6 Å². The van der Waals surface area contributed by atoms with Gasteiger partial charge in [0.15, 0.2) is 0 Å². The van der Waals surface area contributed by atoms with Gasteiger partial charge in [-0.25, -0.2) is 4.79 Å². The van der Waals surface area contributed by atoms with E-state index in [9.17, 15) is 4.79 Å². The fourth-order valence-electron chi connectivity index (χ4n) is 2.68. The molecule has 0 spiro atoms. The number of carbonyl (C=O) groups is 1. The lowest BCUT2D eigenvalue weighted by molar-refractivity contribution is 0.0530. The molecule has 2 fully saturated rings. The topological polar surface area (TPSA) is 47.6 Å². The quantitative estimate of drug-likeness (QED) is 0.776. The Bertz CT molecular complexity index is 226. The largest absolute Gasteiger partial charge is 0.444 e. The minimum atomic E-state index is -0.285. The van der Waals surface area contributed by atoms with E-state index >= 15 is 0 Å². The van der Waals surface area contributed by atoms with Gasteiger partial charge in [-0.2, -0.15) is 0 Å². The number of hydrogen-bond acceptors (Lipinski definition) is 3. The average Bonchev–Trinajstić information content (AvgIpc) is 2.62. The molecule has 1 saturated carbocycles. The lowest BCUT2D eigenvalue weighted by Crippen LogP contribution is -2.40. The molecular weight excluding hydrogens is 194 g/mol. The molecule has 1 amide bonds. The molecule has 0 aromatic heterocycles. The summed E-state index contributed by atoms with van der Waals surface area (Å²) >= 11 is 0. The molecule has 1 aliphatic carbocycles. The average molecular weight is 213 g/mol. The normalized spacial score (nSPS) is 32.5. The summed E-state index contributed by atoms with van der Waals surface area (Å²) in [6.45, 7) is 0.549. The van der Waals surface area contributed by atoms with Crippen molar-refractivity contribution < 1.29 is 14.3 Å². The number of ether oxygens (including phenoxy) is 2. The Labute approximate surface area is 90.3 Å². The number of nitrogens with one attached hydrogen (secondary N) is 1. The summed E-state index contributed by atoms with van der Waals surface area (Å²) in [7, 11) is 1.66. The molecule has 4 heteroatoms. The highest BCUT2D eigenvalue weighted by atomic mass is 16.6. The fraction of sp³-hybridized carbons (Fsp3) is 0.909. The molecule has 0 aromatic carbocycles. The first-order valence-electron chi connectivity index (χ1n) is 5.77. The van der Waals surface area contributed by atoms with Crippen molar-refractivity contribution >= 4 is 6.09 Å². The second-order valence-electron chi connectivity index (χ2n) is 4.47. The molecule has 2 atom stereocenters. The molecule has 86 valence electrons. The van der Waals surface area contributed by atoms with Gasteiger partial charge in [-0.3, -0.25) is 0 Å². The van der Waals surface area contributed by atoms with Crippen LogP contribution in [-0.4, -0.2) is 32.0 Å². The van der Waals surface area contributed by atoms with E-state index < -0.39 is 0 Å². The maximum atomic E-state index is 11.2. The van der Waals surface area contributed by atoms with Crippen LogP contribution in [0, 0.1) is 5.92 Å². The second kappa shape index (κ2) is 4.84. The summed E-state index contributed by atoms with van der Waals surface area (Å²) in [5.74, 6) is 0.526. The molecule has 0 bridgehead atoms. The molecule has 1 aliphatic heterocycles. The second-order valence-corrected chi connectivity index (χ2v) is 4.47. The third-order valence-electron chi connectivity index (χ3n) is 3.40. The van der Waals surface area contributed by atoms with Crippen LogP contribution in [0.15, 0.2) is 0 Å². The maximum Gasteiger partial charge on any atom is 0.407 e. The van der Waals surface area contributed by atoms with Gasteiger partial charge < -0.3 is 14.8 Å². The van der Waals surface area contributed by atoms with Gasteiger partial charge in [-0.1, -0.05) is 19.3 Å². The Kier molecular flexibility index (Phi) is 3.46. The van der Waals surface area contributed by atoms with Crippen LogP contribution in [0.4, 0.5) is 4.79 Å². The van der Waals surface area contributed by atoms with Crippen LogP contribution in [0.3, 0.4) is 0 Å². The van der Waals surface area contributed by atoms with E-state index in [2.05, 4.69) is 5.32 Å². The highest BCUT2D eigenvalue weighted by Gasteiger charge is 2.39. The zero-order chi connectivity index (χ0) is 10.7. The molecular formula is C11H19NO3. The van der Waals surface area contributed by atoms with Crippen LogP contribution >= 0.6 is 0 Å². The lowest BCUT2D eigenvalue weighted by atomic mass is 9.83. The van der Waals surface area contributed by atoms with Crippen LogP contribution in [0.5, 0.6) is 0 Å². The molecule has 2 rings (SSSR count). The van der Waals surface area contributed by atoms with Crippen LogP contribution in [-0.2, 0) is 9.47 Å². The van der Waals surface area contributed by atoms with Gasteiger partial charge in [0.2, 0.25) is 0 Å². The smallest absolute Gasteiger partial charge is 0.407 e. The van der Waals surface area contributed by atoms with Crippen LogP contribution in [0.25, 0.3) is 0 Å². The van der Waals surface area contributed by atoms with Crippen molar-refractivity contribution in [1.82, 2.24) is 5.32 Å². The third kappa shape index (κ3) is 2.43. The SMILES string of the molecule is COC[C@H]1NC(=O)O[C@@H]1C1CCCCC1. The Hall–Kier alpha value is -0.770. The van der Waals surface area contributed by atoms with E-state index in [4.69, 9.17) is 9.47 Å². The number of hydrogen-bond donors (Lipinski definition) is 1. The standard InChI is InChI=1S/C11H19NO3/c1-14-7-9-10(15-11(13)12-9)8-5-3-2-4-6-8/h8-10H,2-7H2,1H3,(H,12,13)/t9-,10-/m1/s1. The monoisotopic (exact) mass is 213 g/mol. The summed E-state index contributed by atoms with van der Waals surface area (Å²) < 4.78 is 10.4. The van der Waals surface area contributed by atoms with Crippen molar-refractivity contribution in [3.63, 3.8) is 0 Å². The Balaban J connectivity index is 1.95. The molecule has 0 unspecified atom stereocenters. The minimum Gasteiger partial charge on any atom is -0.444 e. The molecule has 0 aromatic rings. The highest BCUT2D eigenvalue weighted by Crippen LogP contribution is 2.31. The number of amides is 1. The number of alkyl carbamates (subject to hydrolysis) is 1. The van der Waals surface area contributed by atoms with Crippen molar-refractivity contribution in [2.75, 3.05) is 13.7 Å². The van der Waals surface area contributed by atoms with Gasteiger partial charge in [0.1, 0.15) is 6.10 Å². The van der Waals surface area contributed by atoms with Crippen molar-refractivity contribution in [3.8, 4) is 0 Å². The predicted molar refractivity (Wildman–Crippen MR) is 55.6 cm³/mol. The fourth-order valence-corrected chi connectivity index (χ4v) is 2.68. The van der Waals surface area contributed by atoms with Crippen LogP contribution < -0.4 is 5.32 Å². The van der Waals surface area contributed by atoms with Crippen molar-refractivity contribution in [2.45, 2.75) is 44.2 Å². The van der Waals surface area contributed by atoms with Gasteiger partial charge in [-0.05, 0) is 18.8 Å². The summed E-state index contributed by atoms with van der Waals surface area (Å²) in [4.78, 5) is 11.2. The predicted octanol–water partition coefficient (Wildman–Crippen LogP) is 1.69. The number of rotatable bonds is 3. The third-order valence-corrected chi connectivity index (χ3v) is 3.40. The number of carbonyl (C=O) groups excluding carboxylic acids is 1. The molecule has 1 saturated heterocycles. The molecule has 1 N–H and O–H groups in total. The van der Waals surface area contributed by atoms with Gasteiger partial charge in [-0.15, -0.1) is 0 Å². The summed E-state index contributed by atoms with van der Waals surface area (Å²) in [5, 5.41) is 2.82. The van der Waals surface area contributed by atoms with Crippen molar-refractivity contribution in [1.29, 1.82) is 0 Å².